The number of benzene rings is 1. The molecule has 1 fully saturated rings. The van der Waals surface area contributed by atoms with E-state index in [2.05, 4.69) is 41.3 Å². The van der Waals surface area contributed by atoms with Crippen molar-refractivity contribution in [2.75, 3.05) is 25.4 Å². The maximum absolute atomic E-state index is 12.3. The Hall–Kier alpha value is -2.07. The summed E-state index contributed by atoms with van der Waals surface area (Å²) in [5.74, 6) is 1.05. The van der Waals surface area contributed by atoms with Gasteiger partial charge in [-0.25, -0.2) is 0 Å². The molecule has 1 aromatic heterocycles. The molecule has 24 heavy (non-hydrogen) atoms. The third-order valence-electron chi connectivity index (χ3n) is 5.49. The van der Waals surface area contributed by atoms with Gasteiger partial charge in [-0.05, 0) is 49.4 Å². The number of fused-ring (bicyclic) bond motifs is 4. The molecule has 2 bridgehead atoms. The van der Waals surface area contributed by atoms with Crippen LogP contribution in [-0.2, 0) is 13.0 Å². The van der Waals surface area contributed by atoms with Crippen molar-refractivity contribution in [3.8, 4) is 0 Å². The van der Waals surface area contributed by atoms with Gasteiger partial charge >= 0.3 is 0 Å². The van der Waals surface area contributed by atoms with E-state index in [0.29, 0.717) is 17.5 Å². The van der Waals surface area contributed by atoms with E-state index in [4.69, 9.17) is 5.73 Å². The largest absolute Gasteiger partial charge is 0.394 e. The van der Waals surface area contributed by atoms with E-state index in [9.17, 15) is 4.79 Å². The highest BCUT2D eigenvalue weighted by Gasteiger charge is 2.34. The predicted octanol–water partition coefficient (Wildman–Crippen LogP) is 2.48. The van der Waals surface area contributed by atoms with Gasteiger partial charge in [0.15, 0.2) is 0 Å². The Morgan fingerprint density at radius 2 is 1.88 bits per heavy atom. The summed E-state index contributed by atoms with van der Waals surface area (Å²) >= 11 is 0. The maximum Gasteiger partial charge on any atom is 0.273 e. The second kappa shape index (κ2) is 6.44. The highest BCUT2D eigenvalue weighted by molar-refractivity contribution is 5.37. The van der Waals surface area contributed by atoms with Gasteiger partial charge in [0.05, 0.1) is 5.69 Å². The summed E-state index contributed by atoms with van der Waals surface area (Å²) in [6, 6.07) is 14.5. The Morgan fingerprint density at radius 3 is 2.71 bits per heavy atom. The third kappa shape index (κ3) is 2.98. The molecule has 2 N–H and O–H groups in total. The summed E-state index contributed by atoms with van der Waals surface area (Å²) in [5, 5.41) is 0. The lowest BCUT2D eigenvalue weighted by atomic mass is 9.83. The van der Waals surface area contributed by atoms with Crippen LogP contribution < -0.4 is 11.3 Å². The van der Waals surface area contributed by atoms with Crippen LogP contribution >= 0.6 is 0 Å². The lowest BCUT2D eigenvalue weighted by Crippen LogP contribution is -2.47. The molecular weight excluding hydrogens is 298 g/mol. The number of likely N-dealkylation sites (tertiary alicyclic amines) is 1. The van der Waals surface area contributed by atoms with Gasteiger partial charge in [-0.3, -0.25) is 4.79 Å². The average molecular weight is 323 g/mol. The van der Waals surface area contributed by atoms with Crippen LogP contribution in [0.5, 0.6) is 0 Å². The molecule has 0 spiro atoms. The SMILES string of the molecule is Nc1ccc2n(c1=O)C[C@H]1C[C@@H]2CN(CCCc2ccccc2)C1. The standard InChI is InChI=1S/C20H25N3O/c21-18-8-9-19-17-11-16(13-23(19)20(18)24)12-22(14-17)10-4-7-15-5-2-1-3-6-15/h1-3,5-6,8-9,16-17H,4,7,10-14,21H2/t16-,17+/m0/s1. The number of hydrogen-bond donors (Lipinski definition) is 1. The van der Waals surface area contributed by atoms with E-state index in [0.717, 1.165) is 32.6 Å². The quantitative estimate of drug-likeness (QED) is 0.940. The zero-order valence-corrected chi connectivity index (χ0v) is 14.0. The number of hydrogen-bond acceptors (Lipinski definition) is 3. The molecule has 2 aliphatic rings. The number of pyridine rings is 1. The fraction of sp³-hybridized carbons (Fsp3) is 0.450. The second-order valence-electron chi connectivity index (χ2n) is 7.28. The lowest BCUT2D eigenvalue weighted by molar-refractivity contribution is 0.119. The minimum atomic E-state index is -0.000252. The van der Waals surface area contributed by atoms with Crippen molar-refractivity contribution < 1.29 is 0 Å². The van der Waals surface area contributed by atoms with Crippen molar-refractivity contribution in [2.24, 2.45) is 5.92 Å². The van der Waals surface area contributed by atoms with Crippen LogP contribution in [0.15, 0.2) is 47.3 Å². The molecule has 0 aliphatic carbocycles. The summed E-state index contributed by atoms with van der Waals surface area (Å²) in [6.45, 7) is 4.13. The summed E-state index contributed by atoms with van der Waals surface area (Å²) < 4.78 is 1.93. The molecule has 0 saturated carbocycles. The maximum atomic E-state index is 12.3. The van der Waals surface area contributed by atoms with Crippen molar-refractivity contribution in [1.82, 2.24) is 9.47 Å². The number of nitrogen functional groups attached to an aromatic ring is 1. The molecule has 0 amide bonds. The first-order valence-corrected chi connectivity index (χ1v) is 8.96. The molecule has 0 radical (unpaired) electrons. The Morgan fingerprint density at radius 1 is 1.04 bits per heavy atom. The van der Waals surface area contributed by atoms with Crippen LogP contribution in [0, 0.1) is 5.92 Å². The Balaban J connectivity index is 1.41. The zero-order valence-electron chi connectivity index (χ0n) is 14.0. The highest BCUT2D eigenvalue weighted by Crippen LogP contribution is 2.35. The summed E-state index contributed by atoms with van der Waals surface area (Å²) in [4.78, 5) is 14.9. The lowest BCUT2D eigenvalue weighted by Gasteiger charge is -2.43. The highest BCUT2D eigenvalue weighted by atomic mass is 16.1. The monoisotopic (exact) mass is 323 g/mol. The first-order valence-electron chi connectivity index (χ1n) is 8.96. The van der Waals surface area contributed by atoms with E-state index < -0.39 is 0 Å². The number of anilines is 1. The third-order valence-corrected chi connectivity index (χ3v) is 5.49. The predicted molar refractivity (Wildman–Crippen MR) is 97.2 cm³/mol. The van der Waals surface area contributed by atoms with Crippen molar-refractivity contribution in [3.63, 3.8) is 0 Å². The topological polar surface area (TPSA) is 51.3 Å². The normalized spacial score (nSPS) is 23.0. The van der Waals surface area contributed by atoms with Crippen LogP contribution in [0.2, 0.25) is 0 Å². The van der Waals surface area contributed by atoms with E-state index in [1.807, 2.05) is 4.57 Å². The molecule has 2 aromatic rings. The van der Waals surface area contributed by atoms with Gasteiger partial charge in [-0.15, -0.1) is 0 Å². The number of piperidine rings is 1. The minimum absolute atomic E-state index is 0.000252. The minimum Gasteiger partial charge on any atom is -0.394 e. The molecule has 126 valence electrons. The molecule has 0 unspecified atom stereocenters. The molecule has 1 aromatic carbocycles. The Kier molecular flexibility index (Phi) is 4.15. The van der Waals surface area contributed by atoms with Crippen LogP contribution in [0.1, 0.15) is 30.0 Å². The summed E-state index contributed by atoms with van der Waals surface area (Å²) in [7, 11) is 0. The van der Waals surface area contributed by atoms with Gasteiger partial charge < -0.3 is 15.2 Å². The first-order chi connectivity index (χ1) is 11.7. The number of nitrogens with zero attached hydrogens (tertiary/aromatic N) is 2. The summed E-state index contributed by atoms with van der Waals surface area (Å²) in [6.07, 6.45) is 3.54. The van der Waals surface area contributed by atoms with Crippen LogP contribution in [-0.4, -0.2) is 29.1 Å². The van der Waals surface area contributed by atoms with Gasteiger partial charge in [-0.1, -0.05) is 30.3 Å². The van der Waals surface area contributed by atoms with Crippen molar-refractivity contribution in [3.05, 3.63) is 64.1 Å². The van der Waals surface area contributed by atoms with Gasteiger partial charge in [0.25, 0.3) is 5.56 Å². The Labute approximate surface area is 142 Å². The van der Waals surface area contributed by atoms with Crippen molar-refractivity contribution in [1.29, 1.82) is 0 Å². The number of aryl methyl sites for hydroxylation is 1. The van der Waals surface area contributed by atoms with Gasteiger partial charge in [0, 0.05) is 31.2 Å². The van der Waals surface area contributed by atoms with Crippen LogP contribution in [0.3, 0.4) is 0 Å². The smallest absolute Gasteiger partial charge is 0.273 e. The number of nitrogens with two attached hydrogens (primary N) is 1. The zero-order chi connectivity index (χ0) is 16.5. The molecule has 2 atom stereocenters. The van der Waals surface area contributed by atoms with Crippen LogP contribution in [0.25, 0.3) is 0 Å². The molecule has 4 rings (SSSR count). The van der Waals surface area contributed by atoms with E-state index >= 15 is 0 Å². The summed E-state index contributed by atoms with van der Waals surface area (Å²) in [5.41, 5.74) is 8.77. The number of aromatic nitrogens is 1. The van der Waals surface area contributed by atoms with Gasteiger partial charge in [-0.2, -0.15) is 0 Å². The van der Waals surface area contributed by atoms with E-state index in [-0.39, 0.29) is 5.56 Å². The number of rotatable bonds is 4. The fourth-order valence-electron chi connectivity index (χ4n) is 4.40. The van der Waals surface area contributed by atoms with E-state index in [1.165, 1.54) is 24.1 Å². The molecule has 2 aliphatic heterocycles. The average Bonchev–Trinajstić information content (AvgIpc) is 2.59. The molecular formula is C20H25N3O. The van der Waals surface area contributed by atoms with Crippen LogP contribution in [0.4, 0.5) is 5.69 Å². The molecule has 4 heteroatoms. The molecule has 4 nitrogen and oxygen atoms in total. The van der Waals surface area contributed by atoms with Gasteiger partial charge in [0.2, 0.25) is 0 Å². The van der Waals surface area contributed by atoms with Crippen molar-refractivity contribution in [2.45, 2.75) is 31.7 Å². The second-order valence-corrected chi connectivity index (χ2v) is 7.28. The molecule has 3 heterocycles. The fourth-order valence-corrected chi connectivity index (χ4v) is 4.40. The van der Waals surface area contributed by atoms with Gasteiger partial charge in [0.1, 0.15) is 0 Å². The Bertz CT molecular complexity index is 768. The van der Waals surface area contributed by atoms with E-state index in [1.54, 1.807) is 6.07 Å². The molecule has 1 saturated heterocycles. The first kappa shape index (κ1) is 15.5. The van der Waals surface area contributed by atoms with Crippen molar-refractivity contribution >= 4 is 5.69 Å².